The Morgan fingerprint density at radius 1 is 1.53 bits per heavy atom. The number of halogens is 2. The predicted molar refractivity (Wildman–Crippen MR) is 56.8 cm³/mol. The van der Waals surface area contributed by atoms with Gasteiger partial charge in [-0.1, -0.05) is 0 Å². The molecule has 0 spiro atoms. The third kappa shape index (κ3) is 2.78. The molecule has 1 aromatic rings. The predicted octanol–water partition coefficient (Wildman–Crippen LogP) is 2.98. The molecule has 0 aliphatic carbocycles. The molecule has 0 radical (unpaired) electrons. The maximum Gasteiger partial charge on any atom is 0.339 e. The number of benzene rings is 1. The van der Waals surface area contributed by atoms with Crippen LogP contribution in [-0.4, -0.2) is 12.6 Å². The minimum atomic E-state index is -2.67. The summed E-state index contributed by atoms with van der Waals surface area (Å²) >= 11 is 0. The Labute approximate surface area is 97.6 Å². The smallest absolute Gasteiger partial charge is 0.339 e. The summed E-state index contributed by atoms with van der Waals surface area (Å²) in [6.07, 6.45) is -2.67. The Bertz CT molecular complexity index is 478. The van der Waals surface area contributed by atoms with Gasteiger partial charge in [-0.3, -0.25) is 0 Å². The molecule has 0 amide bonds. The molecule has 0 saturated carbocycles. The Morgan fingerprint density at radius 3 is 2.65 bits per heavy atom. The fourth-order valence-electron chi connectivity index (χ4n) is 1.43. The minimum absolute atomic E-state index is 0.0243. The number of rotatable bonds is 3. The van der Waals surface area contributed by atoms with Crippen molar-refractivity contribution in [2.75, 3.05) is 6.61 Å². The van der Waals surface area contributed by atoms with Gasteiger partial charge in [0.2, 0.25) is 0 Å². The van der Waals surface area contributed by atoms with E-state index in [-0.39, 0.29) is 28.9 Å². The molecule has 5 heteroatoms. The highest BCUT2D eigenvalue weighted by Gasteiger charge is 2.18. The fraction of sp³-hybridized carbons (Fsp3) is 0.333. The van der Waals surface area contributed by atoms with Crippen molar-refractivity contribution in [3.63, 3.8) is 0 Å². The number of hydrogen-bond donors (Lipinski definition) is 0. The lowest BCUT2D eigenvalue weighted by molar-refractivity contribution is 0.0525. The summed E-state index contributed by atoms with van der Waals surface area (Å²) in [4.78, 5) is 11.5. The molecule has 0 aliphatic rings. The molecule has 0 fully saturated rings. The second-order valence-corrected chi connectivity index (χ2v) is 3.39. The summed E-state index contributed by atoms with van der Waals surface area (Å²) in [5.74, 6) is -0.673. The monoisotopic (exact) mass is 239 g/mol. The highest BCUT2D eigenvalue weighted by atomic mass is 19.3. The first-order valence-electron chi connectivity index (χ1n) is 5.01. The number of esters is 1. The Balaban J connectivity index is 3.30. The quantitative estimate of drug-likeness (QED) is 0.762. The molecule has 0 aliphatic heterocycles. The largest absolute Gasteiger partial charge is 0.462 e. The lowest BCUT2D eigenvalue weighted by atomic mass is 10.00. The van der Waals surface area contributed by atoms with Crippen molar-refractivity contribution in [3.8, 4) is 6.07 Å². The lowest BCUT2D eigenvalue weighted by Crippen LogP contribution is -2.08. The van der Waals surface area contributed by atoms with E-state index in [0.717, 1.165) is 6.07 Å². The number of aryl methyl sites for hydroxylation is 1. The van der Waals surface area contributed by atoms with E-state index in [2.05, 4.69) is 0 Å². The van der Waals surface area contributed by atoms with Crippen molar-refractivity contribution in [1.82, 2.24) is 0 Å². The van der Waals surface area contributed by atoms with Crippen LogP contribution in [0.4, 0.5) is 8.78 Å². The molecule has 0 N–H and O–H groups in total. The molecule has 0 unspecified atom stereocenters. The summed E-state index contributed by atoms with van der Waals surface area (Å²) in [5, 5.41) is 8.83. The maximum atomic E-state index is 12.6. The van der Waals surface area contributed by atoms with Gasteiger partial charge in [-0.15, -0.1) is 0 Å². The van der Waals surface area contributed by atoms with Crippen molar-refractivity contribution in [2.24, 2.45) is 0 Å². The van der Waals surface area contributed by atoms with Gasteiger partial charge in [0.25, 0.3) is 6.43 Å². The zero-order valence-corrected chi connectivity index (χ0v) is 9.46. The summed E-state index contributed by atoms with van der Waals surface area (Å²) in [6, 6.07) is 4.02. The zero-order valence-electron chi connectivity index (χ0n) is 9.46. The normalized spacial score (nSPS) is 10.1. The SMILES string of the molecule is CCOC(=O)c1cc(C)c(C(F)F)cc1C#N. The molecular formula is C12H11F2NO2. The highest BCUT2D eigenvalue weighted by molar-refractivity contribution is 5.92. The van der Waals surface area contributed by atoms with Crippen molar-refractivity contribution in [2.45, 2.75) is 20.3 Å². The van der Waals surface area contributed by atoms with Gasteiger partial charge in [0.05, 0.1) is 17.7 Å². The van der Waals surface area contributed by atoms with Crippen LogP contribution in [0, 0.1) is 18.3 Å². The standard InChI is InChI=1S/C12H11F2NO2/c1-3-17-12(16)10-4-7(2)9(11(13)14)5-8(10)6-15/h4-5,11H,3H2,1-2H3. The number of ether oxygens (including phenoxy) is 1. The summed E-state index contributed by atoms with van der Waals surface area (Å²) in [5.41, 5.74) is -0.0442. The molecule has 0 aromatic heterocycles. The third-order valence-electron chi connectivity index (χ3n) is 2.26. The summed E-state index contributed by atoms with van der Waals surface area (Å²) in [7, 11) is 0. The minimum Gasteiger partial charge on any atom is -0.462 e. The third-order valence-corrected chi connectivity index (χ3v) is 2.26. The molecule has 0 bridgehead atoms. The van der Waals surface area contributed by atoms with Crippen LogP contribution in [0.25, 0.3) is 0 Å². The second-order valence-electron chi connectivity index (χ2n) is 3.39. The van der Waals surface area contributed by atoms with Gasteiger partial charge in [0.1, 0.15) is 6.07 Å². The molecule has 0 heterocycles. The topological polar surface area (TPSA) is 50.1 Å². The lowest BCUT2D eigenvalue weighted by Gasteiger charge is -2.09. The van der Waals surface area contributed by atoms with Crippen LogP contribution in [0.5, 0.6) is 0 Å². The van der Waals surface area contributed by atoms with E-state index >= 15 is 0 Å². The number of nitrogens with zero attached hydrogens (tertiary/aromatic N) is 1. The molecule has 0 saturated heterocycles. The zero-order chi connectivity index (χ0) is 13.0. The Hall–Kier alpha value is -1.96. The van der Waals surface area contributed by atoms with Crippen molar-refractivity contribution in [3.05, 3.63) is 34.4 Å². The molecule has 1 rings (SSSR count). The van der Waals surface area contributed by atoms with Gasteiger partial charge in [0, 0.05) is 5.56 Å². The molecule has 17 heavy (non-hydrogen) atoms. The van der Waals surface area contributed by atoms with Crippen LogP contribution in [0.15, 0.2) is 12.1 Å². The average molecular weight is 239 g/mol. The number of carbonyl (C=O) groups excluding carboxylic acids is 1. The first-order valence-corrected chi connectivity index (χ1v) is 5.01. The van der Waals surface area contributed by atoms with Crippen molar-refractivity contribution in [1.29, 1.82) is 5.26 Å². The van der Waals surface area contributed by atoms with Gasteiger partial charge >= 0.3 is 5.97 Å². The highest BCUT2D eigenvalue weighted by Crippen LogP contribution is 2.26. The van der Waals surface area contributed by atoms with E-state index < -0.39 is 12.4 Å². The number of hydrogen-bond acceptors (Lipinski definition) is 3. The molecular weight excluding hydrogens is 228 g/mol. The first kappa shape index (κ1) is 13.1. The van der Waals surface area contributed by atoms with Crippen LogP contribution in [0.3, 0.4) is 0 Å². The number of nitriles is 1. The van der Waals surface area contributed by atoms with Gasteiger partial charge in [0.15, 0.2) is 0 Å². The Morgan fingerprint density at radius 2 is 2.18 bits per heavy atom. The maximum absolute atomic E-state index is 12.6. The van der Waals surface area contributed by atoms with E-state index in [9.17, 15) is 13.6 Å². The van der Waals surface area contributed by atoms with Crippen LogP contribution in [-0.2, 0) is 4.74 Å². The second kappa shape index (κ2) is 5.39. The number of carbonyl (C=O) groups is 1. The van der Waals surface area contributed by atoms with Crippen LogP contribution in [0.1, 0.15) is 40.4 Å². The summed E-state index contributed by atoms with van der Waals surface area (Å²) in [6.45, 7) is 3.26. The first-order chi connectivity index (χ1) is 8.01. The Kier molecular flexibility index (Phi) is 4.16. The van der Waals surface area contributed by atoms with E-state index in [1.807, 2.05) is 0 Å². The number of alkyl halides is 2. The van der Waals surface area contributed by atoms with Gasteiger partial charge in [-0.25, -0.2) is 13.6 Å². The van der Waals surface area contributed by atoms with Crippen LogP contribution >= 0.6 is 0 Å². The summed E-state index contributed by atoms with van der Waals surface area (Å²) < 4.78 is 29.9. The molecule has 1 aromatic carbocycles. The molecule has 90 valence electrons. The van der Waals surface area contributed by atoms with E-state index in [1.165, 1.54) is 13.0 Å². The van der Waals surface area contributed by atoms with E-state index in [4.69, 9.17) is 10.00 Å². The van der Waals surface area contributed by atoms with Gasteiger partial charge in [-0.05, 0) is 31.5 Å². The van der Waals surface area contributed by atoms with E-state index in [1.54, 1.807) is 13.0 Å². The van der Waals surface area contributed by atoms with Gasteiger partial charge < -0.3 is 4.74 Å². The van der Waals surface area contributed by atoms with Gasteiger partial charge in [-0.2, -0.15) is 5.26 Å². The fourth-order valence-corrected chi connectivity index (χ4v) is 1.43. The van der Waals surface area contributed by atoms with Crippen LogP contribution < -0.4 is 0 Å². The molecule has 3 nitrogen and oxygen atoms in total. The van der Waals surface area contributed by atoms with Crippen molar-refractivity contribution < 1.29 is 18.3 Å². The molecule has 0 atom stereocenters. The average Bonchev–Trinajstić information content (AvgIpc) is 2.28. The van der Waals surface area contributed by atoms with Crippen molar-refractivity contribution >= 4 is 5.97 Å². The van der Waals surface area contributed by atoms with E-state index in [0.29, 0.717) is 0 Å². The van der Waals surface area contributed by atoms with Crippen LogP contribution in [0.2, 0.25) is 0 Å².